The number of ether oxygens (including phenoxy) is 2. The Kier molecular flexibility index (Phi) is 6.26. The Bertz CT molecular complexity index is 937. The van der Waals surface area contributed by atoms with Crippen LogP contribution >= 0.6 is 7.82 Å². The summed E-state index contributed by atoms with van der Waals surface area (Å²) in [7, 11) is -4.33. The SMILES string of the molecule is CC(C)(C)OC[C@H]1O[C@@H](n2cnc3c(N)ncnc32)CC1OP(=O)(O)OC(C)(C)C. The molecule has 0 amide bonds. The van der Waals surface area contributed by atoms with Gasteiger partial charge in [0, 0.05) is 6.42 Å². The Morgan fingerprint density at radius 2 is 1.93 bits per heavy atom. The van der Waals surface area contributed by atoms with Crippen LogP contribution in [0, 0.1) is 0 Å². The fourth-order valence-corrected chi connectivity index (χ4v) is 4.38. The van der Waals surface area contributed by atoms with Gasteiger partial charge >= 0.3 is 7.82 Å². The maximum atomic E-state index is 12.5. The third kappa shape index (κ3) is 5.75. The third-order valence-corrected chi connectivity index (χ3v) is 5.53. The van der Waals surface area contributed by atoms with Crippen LogP contribution in [0.15, 0.2) is 12.7 Å². The molecule has 3 rings (SSSR count). The Labute approximate surface area is 175 Å². The molecule has 30 heavy (non-hydrogen) atoms. The molecule has 11 nitrogen and oxygen atoms in total. The average molecular weight is 443 g/mol. The third-order valence-electron chi connectivity index (χ3n) is 4.22. The van der Waals surface area contributed by atoms with Crippen molar-refractivity contribution in [3.8, 4) is 0 Å². The molecule has 3 N–H and O–H groups in total. The van der Waals surface area contributed by atoms with Crippen LogP contribution in [-0.2, 0) is 23.1 Å². The van der Waals surface area contributed by atoms with Gasteiger partial charge in [-0.15, -0.1) is 0 Å². The molecule has 0 aromatic carbocycles. The lowest BCUT2D eigenvalue weighted by Crippen LogP contribution is -2.33. The van der Waals surface area contributed by atoms with E-state index in [4.69, 9.17) is 24.3 Å². The summed E-state index contributed by atoms with van der Waals surface area (Å²) < 4.78 is 36.9. The van der Waals surface area contributed by atoms with Crippen LogP contribution in [0.1, 0.15) is 54.2 Å². The van der Waals surface area contributed by atoms with Crippen LogP contribution in [0.5, 0.6) is 0 Å². The summed E-state index contributed by atoms with van der Waals surface area (Å²) in [5, 5.41) is 0. The molecule has 1 saturated heterocycles. The maximum Gasteiger partial charge on any atom is 0.473 e. The van der Waals surface area contributed by atoms with Gasteiger partial charge in [-0.1, -0.05) is 0 Å². The number of phosphoric ester groups is 1. The van der Waals surface area contributed by atoms with E-state index in [1.54, 1.807) is 31.7 Å². The first-order chi connectivity index (χ1) is 13.7. The summed E-state index contributed by atoms with van der Waals surface area (Å²) in [6.45, 7) is 10.9. The van der Waals surface area contributed by atoms with Crippen LogP contribution in [0.2, 0.25) is 0 Å². The Balaban J connectivity index is 1.84. The van der Waals surface area contributed by atoms with E-state index in [2.05, 4.69) is 15.0 Å². The number of aromatic nitrogens is 4. The minimum atomic E-state index is -4.33. The van der Waals surface area contributed by atoms with E-state index in [0.29, 0.717) is 11.2 Å². The van der Waals surface area contributed by atoms with Gasteiger partial charge < -0.3 is 20.1 Å². The van der Waals surface area contributed by atoms with Crippen LogP contribution in [0.25, 0.3) is 11.2 Å². The van der Waals surface area contributed by atoms with Gasteiger partial charge in [0.25, 0.3) is 0 Å². The van der Waals surface area contributed by atoms with E-state index in [1.807, 2.05) is 20.8 Å². The van der Waals surface area contributed by atoms with Gasteiger partial charge in [-0.3, -0.25) is 13.6 Å². The fourth-order valence-electron chi connectivity index (χ4n) is 3.08. The quantitative estimate of drug-likeness (QED) is 0.639. The Hall–Kier alpha value is -1.62. The van der Waals surface area contributed by atoms with Crippen LogP contribution in [-0.4, -0.2) is 54.4 Å². The van der Waals surface area contributed by atoms with E-state index < -0.39 is 37.5 Å². The van der Waals surface area contributed by atoms with Crippen molar-refractivity contribution >= 4 is 24.8 Å². The summed E-state index contributed by atoms with van der Waals surface area (Å²) in [5.74, 6) is 0.260. The number of fused-ring (bicyclic) bond motifs is 1. The number of anilines is 1. The molecule has 12 heteroatoms. The molecule has 0 spiro atoms. The molecule has 2 aromatic rings. The number of nitrogens with two attached hydrogens (primary N) is 1. The first-order valence-corrected chi connectivity index (χ1v) is 11.2. The molecular weight excluding hydrogens is 413 g/mol. The van der Waals surface area contributed by atoms with E-state index in [1.165, 1.54) is 6.33 Å². The number of hydrogen-bond acceptors (Lipinski definition) is 9. The average Bonchev–Trinajstić information content (AvgIpc) is 3.14. The van der Waals surface area contributed by atoms with Crippen molar-refractivity contribution < 1.29 is 28.0 Å². The highest BCUT2D eigenvalue weighted by Crippen LogP contribution is 2.51. The molecule has 2 unspecified atom stereocenters. The molecule has 1 aliphatic heterocycles. The molecule has 1 fully saturated rings. The number of rotatable bonds is 6. The summed E-state index contributed by atoms with van der Waals surface area (Å²) in [6, 6.07) is 0. The second kappa shape index (κ2) is 8.14. The largest absolute Gasteiger partial charge is 0.473 e. The number of nitrogens with zero attached hydrogens (tertiary/aromatic N) is 4. The summed E-state index contributed by atoms with van der Waals surface area (Å²) in [5.41, 5.74) is 5.55. The molecule has 0 bridgehead atoms. The molecule has 3 heterocycles. The first-order valence-electron chi connectivity index (χ1n) is 9.68. The van der Waals surface area contributed by atoms with Crippen LogP contribution in [0.3, 0.4) is 0 Å². The highest BCUT2D eigenvalue weighted by molar-refractivity contribution is 7.47. The second-order valence-electron chi connectivity index (χ2n) is 9.19. The van der Waals surface area contributed by atoms with E-state index in [9.17, 15) is 9.46 Å². The monoisotopic (exact) mass is 443 g/mol. The number of hydrogen-bond donors (Lipinski definition) is 2. The summed E-state index contributed by atoms with van der Waals surface area (Å²) in [4.78, 5) is 22.7. The van der Waals surface area contributed by atoms with Gasteiger partial charge in [-0.2, -0.15) is 0 Å². The van der Waals surface area contributed by atoms with Gasteiger partial charge in [0.05, 0.1) is 24.1 Å². The lowest BCUT2D eigenvalue weighted by atomic mass is 10.1. The molecule has 4 atom stereocenters. The minimum absolute atomic E-state index is 0.171. The van der Waals surface area contributed by atoms with Crippen molar-refractivity contribution in [1.82, 2.24) is 19.5 Å². The molecule has 0 radical (unpaired) electrons. The van der Waals surface area contributed by atoms with Crippen molar-refractivity contribution in [2.24, 2.45) is 0 Å². The van der Waals surface area contributed by atoms with E-state index in [-0.39, 0.29) is 18.8 Å². The van der Waals surface area contributed by atoms with Crippen molar-refractivity contribution in [2.45, 2.75) is 77.6 Å². The first kappa shape index (κ1) is 23.1. The topological polar surface area (TPSA) is 144 Å². The van der Waals surface area contributed by atoms with Crippen molar-refractivity contribution in [2.75, 3.05) is 12.3 Å². The summed E-state index contributed by atoms with van der Waals surface area (Å²) >= 11 is 0. The molecular formula is C18H30N5O6P. The van der Waals surface area contributed by atoms with Crippen molar-refractivity contribution in [1.29, 1.82) is 0 Å². The van der Waals surface area contributed by atoms with E-state index >= 15 is 0 Å². The van der Waals surface area contributed by atoms with Gasteiger partial charge in [-0.25, -0.2) is 19.5 Å². The smallest absolute Gasteiger partial charge is 0.382 e. The molecule has 0 aliphatic carbocycles. The van der Waals surface area contributed by atoms with Crippen molar-refractivity contribution in [3.05, 3.63) is 12.7 Å². The predicted molar refractivity (Wildman–Crippen MR) is 110 cm³/mol. The highest BCUT2D eigenvalue weighted by Gasteiger charge is 2.43. The Morgan fingerprint density at radius 1 is 1.23 bits per heavy atom. The number of nitrogen functional groups attached to an aromatic ring is 1. The normalized spacial score (nSPS) is 25.0. The minimum Gasteiger partial charge on any atom is -0.382 e. The van der Waals surface area contributed by atoms with Crippen molar-refractivity contribution in [3.63, 3.8) is 0 Å². The number of imidazole rings is 1. The predicted octanol–water partition coefficient (Wildman–Crippen LogP) is 2.81. The highest BCUT2D eigenvalue weighted by atomic mass is 31.2. The van der Waals surface area contributed by atoms with Crippen LogP contribution < -0.4 is 5.73 Å². The van der Waals surface area contributed by atoms with Gasteiger partial charge in [0.1, 0.15) is 30.3 Å². The second-order valence-corrected chi connectivity index (χ2v) is 10.5. The zero-order valence-corrected chi connectivity index (χ0v) is 19.0. The van der Waals surface area contributed by atoms with Gasteiger partial charge in [-0.05, 0) is 41.5 Å². The standard InChI is InChI=1S/C18H30N5O6P/c1-17(2,3)26-8-12-11(28-30(24,25)29-18(4,5)6)7-13(27-12)23-10-22-14-15(19)20-9-21-16(14)23/h9-13H,7-8H2,1-6H3,(H,24,25)(H2,19,20,21)/t11?,12-,13-/m1/s1. The molecule has 1 aliphatic rings. The molecule has 0 saturated carbocycles. The van der Waals surface area contributed by atoms with Gasteiger partial charge in [0.2, 0.25) is 0 Å². The number of phosphoric acid groups is 1. The lowest BCUT2D eigenvalue weighted by molar-refractivity contribution is -0.0988. The zero-order chi connectivity index (χ0) is 22.3. The summed E-state index contributed by atoms with van der Waals surface area (Å²) in [6.07, 6.45) is 1.28. The molecule has 168 valence electrons. The zero-order valence-electron chi connectivity index (χ0n) is 18.1. The fraction of sp³-hybridized carbons (Fsp3) is 0.722. The van der Waals surface area contributed by atoms with Gasteiger partial charge in [0.15, 0.2) is 11.5 Å². The molecule has 2 aromatic heterocycles. The maximum absolute atomic E-state index is 12.5. The Morgan fingerprint density at radius 3 is 2.57 bits per heavy atom. The van der Waals surface area contributed by atoms with Crippen LogP contribution in [0.4, 0.5) is 5.82 Å². The van der Waals surface area contributed by atoms with E-state index in [0.717, 1.165) is 0 Å². The lowest BCUT2D eigenvalue weighted by Gasteiger charge is -2.28.